The van der Waals surface area contributed by atoms with Gasteiger partial charge in [0.05, 0.1) is 10.7 Å². The maximum Gasteiger partial charge on any atom is 0.180 e. The zero-order valence-electron chi connectivity index (χ0n) is 9.50. The number of nitrogens with zero attached hydrogens (tertiary/aromatic N) is 1. The van der Waals surface area contributed by atoms with Crippen molar-refractivity contribution in [1.82, 2.24) is 4.98 Å². The highest BCUT2D eigenvalue weighted by molar-refractivity contribution is 7.15. The molecule has 2 N–H and O–H groups in total. The molecule has 0 fully saturated rings. The summed E-state index contributed by atoms with van der Waals surface area (Å²) in [6, 6.07) is 4.86. The second-order valence-electron chi connectivity index (χ2n) is 3.90. The largest absolute Gasteiger partial charge is 0.375 e. The summed E-state index contributed by atoms with van der Waals surface area (Å²) < 4.78 is 13.4. The van der Waals surface area contributed by atoms with Gasteiger partial charge in [0.2, 0.25) is 0 Å². The van der Waals surface area contributed by atoms with E-state index in [0.717, 1.165) is 16.1 Å². The molecule has 1 unspecified atom stereocenters. The Hall–Kier alpha value is -1.13. The van der Waals surface area contributed by atoms with Crippen LogP contribution in [0.3, 0.4) is 0 Å². The molecular formula is C12H12ClFN2S. The average Bonchev–Trinajstić information content (AvgIpc) is 2.61. The number of rotatable bonds is 2. The van der Waals surface area contributed by atoms with Gasteiger partial charge in [0.1, 0.15) is 5.82 Å². The topological polar surface area (TPSA) is 38.9 Å². The van der Waals surface area contributed by atoms with Crippen LogP contribution in [0.2, 0.25) is 5.02 Å². The first-order chi connectivity index (χ1) is 7.99. The van der Waals surface area contributed by atoms with Crippen molar-refractivity contribution in [3.8, 4) is 0 Å². The number of hydrogen-bond acceptors (Lipinski definition) is 3. The second-order valence-corrected chi connectivity index (χ2v) is 5.37. The molecule has 0 saturated carbocycles. The van der Waals surface area contributed by atoms with Gasteiger partial charge in [0.15, 0.2) is 5.13 Å². The number of anilines is 1. The molecule has 90 valence electrons. The Bertz CT molecular complexity index is 553. The van der Waals surface area contributed by atoms with E-state index in [9.17, 15) is 4.39 Å². The van der Waals surface area contributed by atoms with E-state index in [-0.39, 0.29) is 10.9 Å². The number of hydrogen-bond donors (Lipinski definition) is 1. The van der Waals surface area contributed by atoms with Gasteiger partial charge in [0, 0.05) is 10.8 Å². The summed E-state index contributed by atoms with van der Waals surface area (Å²) in [7, 11) is 0. The number of aryl methyl sites for hydroxylation is 1. The minimum Gasteiger partial charge on any atom is -0.375 e. The highest BCUT2D eigenvalue weighted by Gasteiger charge is 2.16. The highest BCUT2D eigenvalue weighted by atomic mass is 35.5. The first-order valence-corrected chi connectivity index (χ1v) is 6.36. The van der Waals surface area contributed by atoms with Crippen molar-refractivity contribution in [3.63, 3.8) is 0 Å². The molecule has 0 radical (unpaired) electrons. The molecule has 2 nitrogen and oxygen atoms in total. The molecule has 0 amide bonds. The number of benzene rings is 1. The summed E-state index contributed by atoms with van der Waals surface area (Å²) in [6.07, 6.45) is 0. The van der Waals surface area contributed by atoms with E-state index in [1.807, 2.05) is 19.9 Å². The van der Waals surface area contributed by atoms with Crippen molar-refractivity contribution in [2.75, 3.05) is 5.73 Å². The van der Waals surface area contributed by atoms with Crippen molar-refractivity contribution < 1.29 is 4.39 Å². The molecule has 17 heavy (non-hydrogen) atoms. The predicted molar refractivity (Wildman–Crippen MR) is 70.2 cm³/mol. The molecule has 5 heteroatoms. The lowest BCUT2D eigenvalue weighted by Gasteiger charge is -2.11. The smallest absolute Gasteiger partial charge is 0.180 e. The molecular weight excluding hydrogens is 259 g/mol. The molecule has 2 rings (SSSR count). The lowest BCUT2D eigenvalue weighted by molar-refractivity contribution is 0.625. The number of nitrogen functional groups attached to an aromatic ring is 1. The van der Waals surface area contributed by atoms with Gasteiger partial charge in [-0.2, -0.15) is 0 Å². The Balaban J connectivity index is 2.40. The molecule has 0 spiro atoms. The molecule has 0 saturated heterocycles. The lowest BCUT2D eigenvalue weighted by atomic mass is 9.98. The minimum atomic E-state index is -0.397. The van der Waals surface area contributed by atoms with Crippen LogP contribution in [0.25, 0.3) is 0 Å². The van der Waals surface area contributed by atoms with Crippen LogP contribution in [0.5, 0.6) is 0 Å². The van der Waals surface area contributed by atoms with Crippen LogP contribution in [0, 0.1) is 12.7 Å². The summed E-state index contributed by atoms with van der Waals surface area (Å²) in [5.74, 6) is -0.331. The van der Waals surface area contributed by atoms with E-state index in [0.29, 0.717) is 5.13 Å². The van der Waals surface area contributed by atoms with E-state index in [2.05, 4.69) is 4.98 Å². The van der Waals surface area contributed by atoms with Crippen LogP contribution in [0.4, 0.5) is 9.52 Å². The fourth-order valence-corrected chi connectivity index (χ4v) is 2.80. The van der Waals surface area contributed by atoms with E-state index in [1.54, 1.807) is 6.07 Å². The normalized spacial score (nSPS) is 12.7. The van der Waals surface area contributed by atoms with E-state index in [4.69, 9.17) is 17.3 Å². The van der Waals surface area contributed by atoms with Gasteiger partial charge in [0.25, 0.3) is 0 Å². The number of halogens is 2. The second kappa shape index (κ2) is 4.63. The van der Waals surface area contributed by atoms with E-state index in [1.165, 1.54) is 17.4 Å². The van der Waals surface area contributed by atoms with Crippen LogP contribution < -0.4 is 5.73 Å². The average molecular weight is 271 g/mol. The summed E-state index contributed by atoms with van der Waals surface area (Å²) in [5.41, 5.74) is 7.43. The maximum atomic E-state index is 13.4. The molecule has 1 aromatic carbocycles. The Morgan fingerprint density at radius 3 is 2.71 bits per heavy atom. The summed E-state index contributed by atoms with van der Waals surface area (Å²) >= 11 is 7.10. The predicted octanol–water partition coefficient (Wildman–Crippen LogP) is 3.98. The molecule has 1 atom stereocenters. The van der Waals surface area contributed by atoms with Gasteiger partial charge >= 0.3 is 0 Å². The first kappa shape index (κ1) is 12.3. The highest BCUT2D eigenvalue weighted by Crippen LogP contribution is 2.33. The lowest BCUT2D eigenvalue weighted by Crippen LogP contribution is -1.96. The quantitative estimate of drug-likeness (QED) is 0.896. The molecule has 0 aliphatic heterocycles. The van der Waals surface area contributed by atoms with Crippen LogP contribution in [0.15, 0.2) is 18.2 Å². The van der Waals surface area contributed by atoms with Crippen molar-refractivity contribution in [2.24, 2.45) is 0 Å². The van der Waals surface area contributed by atoms with Crippen LogP contribution in [-0.4, -0.2) is 4.98 Å². The fraction of sp³-hybridized carbons (Fsp3) is 0.250. The van der Waals surface area contributed by atoms with E-state index < -0.39 is 5.82 Å². The maximum absolute atomic E-state index is 13.4. The molecule has 1 heterocycles. The Labute approximate surface area is 108 Å². The summed E-state index contributed by atoms with van der Waals surface area (Å²) in [5, 5.41) is 0.681. The van der Waals surface area contributed by atoms with Gasteiger partial charge in [-0.15, -0.1) is 11.3 Å². The zero-order valence-corrected chi connectivity index (χ0v) is 11.1. The molecule has 0 aliphatic rings. The van der Waals surface area contributed by atoms with Gasteiger partial charge < -0.3 is 5.73 Å². The molecule has 2 aromatic rings. The summed E-state index contributed by atoms with van der Waals surface area (Å²) in [6.45, 7) is 3.91. The SMILES string of the molecule is Cc1nc(N)sc1C(C)c1ccc(Cl)c(F)c1. The Morgan fingerprint density at radius 1 is 1.47 bits per heavy atom. The standard InChI is InChI=1S/C12H12ClFN2S/c1-6(11-7(2)16-12(15)17-11)8-3-4-9(13)10(14)5-8/h3-6H,1-2H3,(H2,15,16). The Morgan fingerprint density at radius 2 is 2.18 bits per heavy atom. The zero-order chi connectivity index (χ0) is 12.6. The van der Waals surface area contributed by atoms with Crippen molar-refractivity contribution in [2.45, 2.75) is 19.8 Å². The minimum absolute atomic E-state index is 0.0663. The molecule has 0 bridgehead atoms. The van der Waals surface area contributed by atoms with Gasteiger partial charge in [-0.05, 0) is 24.6 Å². The first-order valence-electron chi connectivity index (χ1n) is 5.16. The monoisotopic (exact) mass is 270 g/mol. The van der Waals surface area contributed by atoms with Crippen molar-refractivity contribution in [3.05, 3.63) is 45.2 Å². The fourth-order valence-electron chi connectivity index (χ4n) is 1.76. The summed E-state index contributed by atoms with van der Waals surface area (Å²) in [4.78, 5) is 5.23. The van der Waals surface area contributed by atoms with Crippen LogP contribution >= 0.6 is 22.9 Å². The third kappa shape index (κ3) is 2.42. The van der Waals surface area contributed by atoms with Crippen LogP contribution in [0.1, 0.15) is 29.0 Å². The molecule has 0 aliphatic carbocycles. The van der Waals surface area contributed by atoms with Crippen molar-refractivity contribution in [1.29, 1.82) is 0 Å². The van der Waals surface area contributed by atoms with Gasteiger partial charge in [-0.3, -0.25) is 0 Å². The van der Waals surface area contributed by atoms with Crippen LogP contribution in [-0.2, 0) is 0 Å². The van der Waals surface area contributed by atoms with E-state index >= 15 is 0 Å². The number of nitrogens with two attached hydrogens (primary N) is 1. The van der Waals surface area contributed by atoms with Crippen molar-refractivity contribution >= 4 is 28.1 Å². The number of aromatic nitrogens is 1. The molecule has 1 aromatic heterocycles. The third-order valence-corrected chi connectivity index (χ3v) is 4.16. The Kier molecular flexibility index (Phi) is 3.35. The third-order valence-electron chi connectivity index (χ3n) is 2.69. The van der Waals surface area contributed by atoms with Gasteiger partial charge in [-0.1, -0.05) is 24.6 Å². The van der Waals surface area contributed by atoms with Gasteiger partial charge in [-0.25, -0.2) is 9.37 Å². The number of thiazole rings is 1.